The van der Waals surface area contributed by atoms with Crippen molar-refractivity contribution in [3.05, 3.63) is 29.3 Å². The molecule has 0 heterocycles. The molecule has 0 radical (unpaired) electrons. The summed E-state index contributed by atoms with van der Waals surface area (Å²) < 4.78 is 59.4. The number of halogens is 4. The fraction of sp³-hybridized carbons (Fsp3) is 0.739. The predicted molar refractivity (Wildman–Crippen MR) is 103 cm³/mol. The SMILES string of the molecule is COc1ccc(C2CCC(C3CCC(CCC(C)(F)F)CC3)CC2)c(F)c1F. The largest absolute Gasteiger partial charge is 0.494 e. The molecule has 2 saturated carbocycles. The lowest BCUT2D eigenvalue weighted by Crippen LogP contribution is -2.26. The zero-order chi connectivity index (χ0) is 20.3. The maximum Gasteiger partial charge on any atom is 0.245 e. The van der Waals surface area contributed by atoms with Crippen molar-refractivity contribution in [1.29, 1.82) is 0 Å². The van der Waals surface area contributed by atoms with E-state index in [1.807, 2.05) is 0 Å². The highest BCUT2D eigenvalue weighted by Crippen LogP contribution is 2.45. The molecule has 0 spiro atoms. The highest BCUT2D eigenvalue weighted by Gasteiger charge is 2.33. The summed E-state index contributed by atoms with van der Waals surface area (Å²) >= 11 is 0. The minimum Gasteiger partial charge on any atom is -0.494 e. The lowest BCUT2D eigenvalue weighted by atomic mass is 9.68. The molecule has 0 saturated heterocycles. The Balaban J connectivity index is 1.48. The molecule has 1 nitrogen and oxygen atoms in total. The quantitative estimate of drug-likeness (QED) is 0.450. The van der Waals surface area contributed by atoms with Crippen molar-refractivity contribution in [2.45, 2.75) is 83.0 Å². The number of alkyl halides is 2. The lowest BCUT2D eigenvalue weighted by molar-refractivity contribution is 0.00362. The molecule has 2 fully saturated rings. The van der Waals surface area contributed by atoms with Crippen LogP contribution in [0.5, 0.6) is 5.75 Å². The van der Waals surface area contributed by atoms with Crippen LogP contribution in [0, 0.1) is 29.4 Å². The van der Waals surface area contributed by atoms with E-state index >= 15 is 0 Å². The van der Waals surface area contributed by atoms with E-state index in [9.17, 15) is 17.6 Å². The third kappa shape index (κ3) is 5.21. The van der Waals surface area contributed by atoms with Gasteiger partial charge in [-0.25, -0.2) is 13.2 Å². The Morgan fingerprint density at radius 2 is 1.46 bits per heavy atom. The maximum absolute atomic E-state index is 14.4. The average molecular weight is 401 g/mol. The van der Waals surface area contributed by atoms with Gasteiger partial charge in [-0.05, 0) is 87.2 Å². The minimum absolute atomic E-state index is 0.00255. The van der Waals surface area contributed by atoms with Gasteiger partial charge in [-0.2, -0.15) is 4.39 Å². The summed E-state index contributed by atoms with van der Waals surface area (Å²) in [4.78, 5) is 0. The molecule has 0 atom stereocenters. The zero-order valence-corrected chi connectivity index (χ0v) is 17.0. The smallest absolute Gasteiger partial charge is 0.245 e. The van der Waals surface area contributed by atoms with E-state index in [0.29, 0.717) is 29.7 Å². The van der Waals surface area contributed by atoms with Gasteiger partial charge in [0.1, 0.15) is 0 Å². The second-order valence-electron chi connectivity index (χ2n) is 8.99. The second-order valence-corrected chi connectivity index (χ2v) is 8.99. The van der Waals surface area contributed by atoms with Crippen LogP contribution in [0.25, 0.3) is 0 Å². The fourth-order valence-corrected chi connectivity index (χ4v) is 5.33. The Hall–Kier alpha value is -1.26. The summed E-state index contributed by atoms with van der Waals surface area (Å²) in [6.45, 7) is 1.01. The summed E-state index contributed by atoms with van der Waals surface area (Å²) in [5.74, 6) is -2.45. The molecule has 2 aliphatic carbocycles. The van der Waals surface area contributed by atoms with Crippen LogP contribution in [0.15, 0.2) is 12.1 Å². The highest BCUT2D eigenvalue weighted by molar-refractivity contribution is 5.33. The molecule has 158 valence electrons. The molecule has 0 N–H and O–H groups in total. The molecule has 3 rings (SSSR count). The van der Waals surface area contributed by atoms with Crippen LogP contribution in [-0.2, 0) is 0 Å². The van der Waals surface area contributed by atoms with Gasteiger partial charge in [0.15, 0.2) is 11.6 Å². The van der Waals surface area contributed by atoms with Crippen molar-refractivity contribution in [3.8, 4) is 5.75 Å². The average Bonchev–Trinajstić information content (AvgIpc) is 2.68. The molecule has 2 aliphatic rings. The van der Waals surface area contributed by atoms with E-state index in [1.165, 1.54) is 13.2 Å². The summed E-state index contributed by atoms with van der Waals surface area (Å²) in [5.41, 5.74) is 0.473. The van der Waals surface area contributed by atoms with Crippen LogP contribution in [-0.4, -0.2) is 13.0 Å². The Labute approximate surface area is 165 Å². The van der Waals surface area contributed by atoms with E-state index in [2.05, 4.69) is 0 Å². The molecule has 0 aliphatic heterocycles. The zero-order valence-electron chi connectivity index (χ0n) is 17.0. The molecule has 28 heavy (non-hydrogen) atoms. The van der Waals surface area contributed by atoms with Gasteiger partial charge in [-0.15, -0.1) is 0 Å². The molecular formula is C23H32F4O. The van der Waals surface area contributed by atoms with Crippen LogP contribution < -0.4 is 4.74 Å². The van der Waals surface area contributed by atoms with Gasteiger partial charge in [0.2, 0.25) is 11.7 Å². The highest BCUT2D eigenvalue weighted by atomic mass is 19.3. The van der Waals surface area contributed by atoms with Gasteiger partial charge < -0.3 is 4.74 Å². The number of rotatable bonds is 6. The first-order valence-electron chi connectivity index (χ1n) is 10.7. The first-order chi connectivity index (χ1) is 13.3. The van der Waals surface area contributed by atoms with Crippen molar-refractivity contribution in [2.75, 3.05) is 7.11 Å². The lowest BCUT2D eigenvalue weighted by Gasteiger charge is -2.38. The summed E-state index contributed by atoms with van der Waals surface area (Å²) in [5, 5.41) is 0. The van der Waals surface area contributed by atoms with Crippen LogP contribution in [0.3, 0.4) is 0 Å². The van der Waals surface area contributed by atoms with Gasteiger partial charge in [-0.1, -0.05) is 18.9 Å². The second kappa shape index (κ2) is 9.04. The molecule has 0 unspecified atom stereocenters. The summed E-state index contributed by atoms with van der Waals surface area (Å²) in [6.07, 6.45) is 8.84. The van der Waals surface area contributed by atoms with Gasteiger partial charge in [0, 0.05) is 6.42 Å². The van der Waals surface area contributed by atoms with Crippen LogP contribution >= 0.6 is 0 Å². The number of benzene rings is 1. The number of methoxy groups -OCH3 is 1. The Bertz CT molecular complexity index is 639. The van der Waals surface area contributed by atoms with Gasteiger partial charge >= 0.3 is 0 Å². The normalized spacial score (nSPS) is 28.9. The maximum atomic E-state index is 14.4. The molecule has 0 bridgehead atoms. The van der Waals surface area contributed by atoms with Gasteiger partial charge in [-0.3, -0.25) is 0 Å². The van der Waals surface area contributed by atoms with Crippen molar-refractivity contribution in [1.82, 2.24) is 0 Å². The van der Waals surface area contributed by atoms with Crippen LogP contribution in [0.1, 0.15) is 82.6 Å². The number of hydrogen-bond acceptors (Lipinski definition) is 1. The molecular weight excluding hydrogens is 368 g/mol. The third-order valence-electron chi connectivity index (χ3n) is 7.06. The standard InChI is InChI=1S/C23H32F4O/c1-23(26,27)14-13-15-3-5-16(6-4-15)17-7-9-18(10-8-17)19-11-12-20(28-2)22(25)21(19)24/h11-12,15-18H,3-10,13-14H2,1-2H3. The first-order valence-corrected chi connectivity index (χ1v) is 10.7. The molecule has 1 aromatic rings. The first kappa shape index (κ1) is 21.4. The third-order valence-corrected chi connectivity index (χ3v) is 7.06. The number of hydrogen-bond donors (Lipinski definition) is 0. The van der Waals surface area contributed by atoms with Crippen molar-refractivity contribution >= 4 is 0 Å². The van der Waals surface area contributed by atoms with Crippen molar-refractivity contribution in [2.24, 2.45) is 17.8 Å². The predicted octanol–water partition coefficient (Wildman–Crippen LogP) is 7.49. The van der Waals surface area contributed by atoms with Crippen LogP contribution in [0.4, 0.5) is 17.6 Å². The van der Waals surface area contributed by atoms with Crippen molar-refractivity contribution in [3.63, 3.8) is 0 Å². The van der Waals surface area contributed by atoms with Gasteiger partial charge in [0.25, 0.3) is 0 Å². The monoisotopic (exact) mass is 400 g/mol. The number of ether oxygens (including phenoxy) is 1. The molecule has 0 aromatic heterocycles. The van der Waals surface area contributed by atoms with Gasteiger partial charge in [0.05, 0.1) is 7.11 Å². The molecule has 1 aromatic carbocycles. The summed E-state index contributed by atoms with van der Waals surface area (Å²) in [6, 6.07) is 3.18. The van der Waals surface area contributed by atoms with E-state index in [4.69, 9.17) is 4.74 Å². The van der Waals surface area contributed by atoms with E-state index in [-0.39, 0.29) is 18.1 Å². The van der Waals surface area contributed by atoms with E-state index in [1.54, 1.807) is 6.07 Å². The molecule has 5 heteroatoms. The molecule has 0 amide bonds. The Morgan fingerprint density at radius 3 is 2.00 bits per heavy atom. The van der Waals surface area contributed by atoms with Crippen molar-refractivity contribution < 1.29 is 22.3 Å². The van der Waals surface area contributed by atoms with Crippen LogP contribution in [0.2, 0.25) is 0 Å². The van der Waals surface area contributed by atoms with E-state index < -0.39 is 17.6 Å². The van der Waals surface area contributed by atoms with E-state index in [0.717, 1.165) is 58.3 Å². The Morgan fingerprint density at radius 1 is 0.893 bits per heavy atom. The Kier molecular flexibility index (Phi) is 6.93. The summed E-state index contributed by atoms with van der Waals surface area (Å²) in [7, 11) is 1.34. The fourth-order valence-electron chi connectivity index (χ4n) is 5.33. The minimum atomic E-state index is -2.55. The topological polar surface area (TPSA) is 9.23 Å².